The molecule has 1 heterocycles. The zero-order chi connectivity index (χ0) is 10.7. The van der Waals surface area contributed by atoms with Gasteiger partial charge in [-0.2, -0.15) is 0 Å². The molecule has 1 fully saturated rings. The van der Waals surface area contributed by atoms with Gasteiger partial charge in [-0.3, -0.25) is 9.69 Å². The minimum atomic E-state index is -0.0128. The van der Waals surface area contributed by atoms with E-state index in [9.17, 15) is 4.79 Å². The van der Waals surface area contributed by atoms with Gasteiger partial charge in [0.1, 0.15) is 0 Å². The van der Waals surface area contributed by atoms with Crippen LogP contribution in [0.3, 0.4) is 0 Å². The van der Waals surface area contributed by atoms with Crippen molar-refractivity contribution in [3.63, 3.8) is 0 Å². The van der Waals surface area contributed by atoms with Crippen LogP contribution in [0, 0.1) is 0 Å². The summed E-state index contributed by atoms with van der Waals surface area (Å²) in [6.45, 7) is 2.66. The van der Waals surface area contributed by atoms with Crippen LogP contribution in [-0.2, 0) is 0 Å². The molecule has 0 aliphatic carbocycles. The highest BCUT2D eigenvalue weighted by Gasteiger charge is 2.26. The monoisotopic (exact) mass is 204 g/mol. The molecule has 1 N–H and O–H groups in total. The van der Waals surface area contributed by atoms with Crippen molar-refractivity contribution in [3.05, 3.63) is 35.9 Å². The van der Waals surface area contributed by atoms with Crippen molar-refractivity contribution in [2.75, 3.05) is 26.7 Å². The largest absolute Gasteiger partial charge is 0.313 e. The predicted molar refractivity (Wildman–Crippen MR) is 60.1 cm³/mol. The molecule has 1 saturated heterocycles. The first-order valence-corrected chi connectivity index (χ1v) is 5.29. The molecule has 0 radical (unpaired) electrons. The maximum atomic E-state index is 12.1. The van der Waals surface area contributed by atoms with Crippen molar-refractivity contribution in [1.82, 2.24) is 10.2 Å². The summed E-state index contributed by atoms with van der Waals surface area (Å²) in [4.78, 5) is 14.2. The van der Waals surface area contributed by atoms with E-state index in [4.69, 9.17) is 0 Å². The Morgan fingerprint density at radius 1 is 1.40 bits per heavy atom. The second-order valence-electron chi connectivity index (χ2n) is 3.93. The Morgan fingerprint density at radius 3 is 2.80 bits per heavy atom. The Labute approximate surface area is 90.1 Å². The highest BCUT2D eigenvalue weighted by atomic mass is 16.1. The van der Waals surface area contributed by atoms with Crippen LogP contribution in [-0.4, -0.2) is 43.4 Å². The average Bonchev–Trinajstić information content (AvgIpc) is 2.30. The van der Waals surface area contributed by atoms with Gasteiger partial charge in [-0.15, -0.1) is 0 Å². The summed E-state index contributed by atoms with van der Waals surface area (Å²) in [7, 11) is 2.01. The number of nitrogens with one attached hydrogen (secondary N) is 1. The van der Waals surface area contributed by atoms with Crippen LogP contribution in [0.1, 0.15) is 10.4 Å². The number of hydrogen-bond acceptors (Lipinski definition) is 3. The number of carbonyl (C=O) groups is 1. The molecule has 1 aliphatic rings. The summed E-state index contributed by atoms with van der Waals surface area (Å²) in [5.74, 6) is 0.213. The number of hydrogen-bond donors (Lipinski definition) is 1. The van der Waals surface area contributed by atoms with Crippen LogP contribution in [0.4, 0.5) is 0 Å². The zero-order valence-corrected chi connectivity index (χ0v) is 8.94. The molecule has 3 heteroatoms. The van der Waals surface area contributed by atoms with Gasteiger partial charge in [0.05, 0.1) is 6.04 Å². The van der Waals surface area contributed by atoms with E-state index >= 15 is 0 Å². The second kappa shape index (κ2) is 4.55. The van der Waals surface area contributed by atoms with Crippen molar-refractivity contribution in [2.24, 2.45) is 0 Å². The van der Waals surface area contributed by atoms with E-state index < -0.39 is 0 Å². The smallest absolute Gasteiger partial charge is 0.181 e. The van der Waals surface area contributed by atoms with Crippen molar-refractivity contribution in [1.29, 1.82) is 0 Å². The first kappa shape index (κ1) is 10.3. The van der Waals surface area contributed by atoms with Crippen molar-refractivity contribution in [3.8, 4) is 0 Å². The molecular weight excluding hydrogens is 188 g/mol. The quantitative estimate of drug-likeness (QED) is 0.722. The molecular formula is C12H16N2O. The number of nitrogens with zero attached hydrogens (tertiary/aromatic N) is 1. The van der Waals surface area contributed by atoms with E-state index in [1.54, 1.807) is 0 Å². The Hall–Kier alpha value is -1.19. The van der Waals surface area contributed by atoms with E-state index in [2.05, 4.69) is 10.2 Å². The zero-order valence-electron chi connectivity index (χ0n) is 8.94. The van der Waals surface area contributed by atoms with Gasteiger partial charge < -0.3 is 5.32 Å². The van der Waals surface area contributed by atoms with Crippen LogP contribution in [0.25, 0.3) is 0 Å². The van der Waals surface area contributed by atoms with E-state index in [-0.39, 0.29) is 11.8 Å². The standard InChI is InChI=1S/C12H16N2O/c1-14-8-7-13-9-11(14)12(15)10-5-3-2-4-6-10/h2-6,11,13H,7-9H2,1H3. The Morgan fingerprint density at radius 2 is 2.13 bits per heavy atom. The lowest BCUT2D eigenvalue weighted by Gasteiger charge is -2.31. The number of Topliss-reactive ketones (excluding diaryl/α,β-unsaturated/α-hetero) is 1. The minimum absolute atomic E-state index is 0.0128. The topological polar surface area (TPSA) is 32.3 Å². The van der Waals surface area contributed by atoms with Crippen LogP contribution in [0.5, 0.6) is 0 Å². The Bertz CT molecular complexity index is 337. The maximum absolute atomic E-state index is 12.1. The first-order chi connectivity index (χ1) is 7.29. The van der Waals surface area contributed by atoms with Crippen LogP contribution < -0.4 is 5.32 Å². The number of carbonyl (C=O) groups excluding carboxylic acids is 1. The third kappa shape index (κ3) is 2.25. The predicted octanol–water partition coefficient (Wildman–Crippen LogP) is 0.773. The fourth-order valence-electron chi connectivity index (χ4n) is 1.89. The third-order valence-electron chi connectivity index (χ3n) is 2.87. The maximum Gasteiger partial charge on any atom is 0.181 e. The third-order valence-corrected chi connectivity index (χ3v) is 2.87. The van der Waals surface area contributed by atoms with Gasteiger partial charge in [0.25, 0.3) is 0 Å². The van der Waals surface area contributed by atoms with E-state index in [1.165, 1.54) is 0 Å². The number of benzene rings is 1. The van der Waals surface area contributed by atoms with E-state index in [0.29, 0.717) is 0 Å². The summed E-state index contributed by atoms with van der Waals surface area (Å²) in [6.07, 6.45) is 0. The molecule has 1 aromatic rings. The summed E-state index contributed by atoms with van der Waals surface area (Å²) < 4.78 is 0. The lowest BCUT2D eigenvalue weighted by molar-refractivity contribution is 0.0819. The van der Waals surface area contributed by atoms with Crippen molar-refractivity contribution < 1.29 is 4.79 Å². The van der Waals surface area contributed by atoms with Crippen molar-refractivity contribution >= 4 is 5.78 Å². The minimum Gasteiger partial charge on any atom is -0.313 e. The molecule has 0 bridgehead atoms. The summed E-state index contributed by atoms with van der Waals surface area (Å²) in [5.41, 5.74) is 0.804. The lowest BCUT2D eigenvalue weighted by atomic mass is 10.0. The molecule has 0 aromatic heterocycles. The van der Waals surface area contributed by atoms with Crippen LogP contribution >= 0.6 is 0 Å². The molecule has 0 amide bonds. The van der Waals surface area contributed by atoms with Crippen LogP contribution in [0.15, 0.2) is 30.3 Å². The van der Waals surface area contributed by atoms with Gasteiger partial charge >= 0.3 is 0 Å². The number of piperazine rings is 1. The molecule has 80 valence electrons. The molecule has 1 aliphatic heterocycles. The van der Waals surface area contributed by atoms with Gasteiger partial charge in [0.15, 0.2) is 5.78 Å². The Balaban J connectivity index is 2.13. The molecule has 15 heavy (non-hydrogen) atoms. The van der Waals surface area contributed by atoms with E-state index in [0.717, 1.165) is 25.2 Å². The van der Waals surface area contributed by atoms with Crippen molar-refractivity contribution in [2.45, 2.75) is 6.04 Å². The molecule has 0 saturated carbocycles. The molecule has 1 unspecified atom stereocenters. The number of likely N-dealkylation sites (N-methyl/N-ethyl adjacent to an activating group) is 1. The second-order valence-corrected chi connectivity index (χ2v) is 3.93. The van der Waals surface area contributed by atoms with Gasteiger partial charge in [0, 0.05) is 25.2 Å². The first-order valence-electron chi connectivity index (χ1n) is 5.29. The summed E-state index contributed by atoms with van der Waals surface area (Å²) in [5, 5.41) is 3.25. The Kier molecular flexibility index (Phi) is 3.14. The highest BCUT2D eigenvalue weighted by Crippen LogP contribution is 2.09. The molecule has 0 spiro atoms. The molecule has 1 aromatic carbocycles. The molecule has 1 atom stereocenters. The van der Waals surface area contributed by atoms with Crippen LogP contribution in [0.2, 0.25) is 0 Å². The van der Waals surface area contributed by atoms with Gasteiger partial charge in [0.2, 0.25) is 0 Å². The SMILES string of the molecule is CN1CCNCC1C(=O)c1ccccc1. The summed E-state index contributed by atoms with van der Waals surface area (Å²) in [6, 6.07) is 9.49. The fourth-order valence-corrected chi connectivity index (χ4v) is 1.89. The van der Waals surface area contributed by atoms with Gasteiger partial charge in [-0.1, -0.05) is 30.3 Å². The van der Waals surface area contributed by atoms with Gasteiger partial charge in [-0.25, -0.2) is 0 Å². The molecule has 2 rings (SSSR count). The summed E-state index contributed by atoms with van der Waals surface area (Å²) >= 11 is 0. The highest BCUT2D eigenvalue weighted by molar-refractivity contribution is 6.00. The number of ketones is 1. The van der Waals surface area contributed by atoms with E-state index in [1.807, 2.05) is 37.4 Å². The average molecular weight is 204 g/mol. The number of rotatable bonds is 2. The molecule has 3 nitrogen and oxygen atoms in total. The van der Waals surface area contributed by atoms with Gasteiger partial charge in [-0.05, 0) is 7.05 Å². The normalized spacial score (nSPS) is 22.6. The lowest BCUT2D eigenvalue weighted by Crippen LogP contribution is -2.53. The fraction of sp³-hybridized carbons (Fsp3) is 0.417.